The van der Waals surface area contributed by atoms with Crippen molar-refractivity contribution in [1.82, 2.24) is 0 Å². The molecule has 0 saturated carbocycles. The molecule has 0 N–H and O–H groups in total. The van der Waals surface area contributed by atoms with E-state index >= 15 is 0 Å². The second-order valence-electron chi connectivity index (χ2n) is 6.43. The molecule has 1 heterocycles. The maximum Gasteiger partial charge on any atom is 0.231 e. The van der Waals surface area contributed by atoms with Gasteiger partial charge in [-0.2, -0.15) is 0 Å². The lowest BCUT2D eigenvalue weighted by Crippen LogP contribution is -1.97. The molecule has 0 radical (unpaired) electrons. The van der Waals surface area contributed by atoms with Gasteiger partial charge in [0, 0.05) is 6.07 Å². The predicted octanol–water partition coefficient (Wildman–Crippen LogP) is 6.74. The zero-order valence-corrected chi connectivity index (χ0v) is 16.8. The fourth-order valence-electron chi connectivity index (χ4n) is 2.88. The van der Waals surface area contributed by atoms with E-state index in [9.17, 15) is 4.79 Å². The van der Waals surface area contributed by atoms with Gasteiger partial charge in [0.2, 0.25) is 5.78 Å². The van der Waals surface area contributed by atoms with E-state index in [-0.39, 0.29) is 11.5 Å². The molecule has 0 bridgehead atoms. The van der Waals surface area contributed by atoms with E-state index in [0.717, 1.165) is 11.1 Å². The summed E-state index contributed by atoms with van der Waals surface area (Å²) in [5.41, 5.74) is 2.46. The Balaban J connectivity index is 1.44. The van der Waals surface area contributed by atoms with Crippen molar-refractivity contribution in [2.24, 2.45) is 0 Å². The highest BCUT2D eigenvalue weighted by Gasteiger charge is 2.27. The minimum absolute atomic E-state index is 0.145. The summed E-state index contributed by atoms with van der Waals surface area (Å²) >= 11 is 12.0. The van der Waals surface area contributed by atoms with Crippen LogP contribution in [0.25, 0.3) is 6.08 Å². The van der Waals surface area contributed by atoms with Crippen molar-refractivity contribution < 1.29 is 14.3 Å². The van der Waals surface area contributed by atoms with Crippen LogP contribution in [0.15, 0.2) is 84.6 Å². The summed E-state index contributed by atoms with van der Waals surface area (Å²) in [4.78, 5) is 12.5. The zero-order chi connectivity index (χ0) is 20.2. The van der Waals surface area contributed by atoms with Gasteiger partial charge in [-0.1, -0.05) is 71.8 Å². The molecule has 5 heteroatoms. The number of hydrogen-bond donors (Lipinski definition) is 0. The molecule has 1 aliphatic rings. The Hall–Kier alpha value is -3.01. The van der Waals surface area contributed by atoms with Gasteiger partial charge in [0.1, 0.15) is 18.1 Å². The molecule has 29 heavy (non-hydrogen) atoms. The molecular formula is C24H16Cl2O3. The number of halogens is 2. The standard InChI is InChI=1S/C24H16Cl2O3/c25-20-12-9-17(13-21(20)26)15-28-18-10-11-19-23(14-18)29-22(24(19)27)8-4-7-16-5-2-1-3-6-16/h1-14H,15H2. The number of ketones is 1. The van der Waals surface area contributed by atoms with Crippen molar-refractivity contribution in [1.29, 1.82) is 0 Å². The summed E-state index contributed by atoms with van der Waals surface area (Å²) in [6.45, 7) is 0.326. The summed E-state index contributed by atoms with van der Waals surface area (Å²) in [5, 5.41) is 0.981. The molecule has 0 atom stereocenters. The van der Waals surface area contributed by atoms with E-state index < -0.39 is 0 Å². The Bertz CT molecular complexity index is 1120. The first-order chi connectivity index (χ1) is 14.1. The smallest absolute Gasteiger partial charge is 0.231 e. The van der Waals surface area contributed by atoms with Crippen molar-refractivity contribution >= 4 is 35.1 Å². The molecule has 0 unspecified atom stereocenters. The summed E-state index contributed by atoms with van der Waals surface area (Å²) in [7, 11) is 0. The van der Waals surface area contributed by atoms with Crippen LogP contribution in [-0.4, -0.2) is 5.78 Å². The highest BCUT2D eigenvalue weighted by Crippen LogP contribution is 2.34. The summed E-state index contributed by atoms with van der Waals surface area (Å²) in [6.07, 6.45) is 5.39. The predicted molar refractivity (Wildman–Crippen MR) is 116 cm³/mol. The molecule has 3 aromatic carbocycles. The third-order valence-corrected chi connectivity index (χ3v) is 5.11. The van der Waals surface area contributed by atoms with Crippen LogP contribution in [0.2, 0.25) is 10.0 Å². The van der Waals surface area contributed by atoms with E-state index in [2.05, 4.69) is 0 Å². The molecule has 0 amide bonds. The van der Waals surface area contributed by atoms with Crippen LogP contribution in [0.5, 0.6) is 11.5 Å². The molecule has 144 valence electrons. The van der Waals surface area contributed by atoms with Crippen LogP contribution < -0.4 is 9.47 Å². The molecule has 0 fully saturated rings. The molecule has 0 aromatic heterocycles. The van der Waals surface area contributed by atoms with Crippen molar-refractivity contribution in [3.05, 3.63) is 111 Å². The Morgan fingerprint density at radius 1 is 0.931 bits per heavy atom. The fraction of sp³-hybridized carbons (Fsp3) is 0.0417. The molecule has 1 aliphatic heterocycles. The number of hydrogen-bond acceptors (Lipinski definition) is 3. The SMILES string of the molecule is O=C1C(=CC=Cc2ccccc2)Oc2cc(OCc3ccc(Cl)c(Cl)c3)ccc21. The van der Waals surface area contributed by atoms with Crippen LogP contribution in [0.1, 0.15) is 21.5 Å². The van der Waals surface area contributed by atoms with E-state index in [1.807, 2.05) is 42.5 Å². The summed E-state index contributed by atoms with van der Waals surface area (Å²) in [5.74, 6) is 1.23. The first-order valence-electron chi connectivity index (χ1n) is 8.97. The molecular weight excluding hydrogens is 407 g/mol. The number of allylic oxidation sites excluding steroid dienone is 3. The van der Waals surface area contributed by atoms with Gasteiger partial charge in [0.25, 0.3) is 0 Å². The third-order valence-electron chi connectivity index (χ3n) is 4.37. The molecule has 0 saturated heterocycles. The zero-order valence-electron chi connectivity index (χ0n) is 15.3. The second kappa shape index (κ2) is 8.56. The molecule has 3 nitrogen and oxygen atoms in total. The number of benzene rings is 3. The van der Waals surface area contributed by atoms with Gasteiger partial charge in [-0.25, -0.2) is 0 Å². The third kappa shape index (κ3) is 4.53. The Morgan fingerprint density at radius 3 is 2.55 bits per heavy atom. The van der Waals surface area contributed by atoms with E-state index in [1.165, 1.54) is 0 Å². The highest BCUT2D eigenvalue weighted by atomic mass is 35.5. The average molecular weight is 423 g/mol. The molecule has 0 aliphatic carbocycles. The van der Waals surface area contributed by atoms with E-state index in [1.54, 1.807) is 42.5 Å². The maximum absolute atomic E-state index is 12.5. The van der Waals surface area contributed by atoms with Crippen molar-refractivity contribution in [2.45, 2.75) is 6.61 Å². The van der Waals surface area contributed by atoms with E-state index in [4.69, 9.17) is 32.7 Å². The fourth-order valence-corrected chi connectivity index (χ4v) is 3.20. The van der Waals surface area contributed by atoms with Crippen molar-refractivity contribution in [3.8, 4) is 11.5 Å². The average Bonchev–Trinajstić information content (AvgIpc) is 3.05. The molecule has 0 spiro atoms. The first kappa shape index (κ1) is 19.3. The minimum Gasteiger partial charge on any atom is -0.489 e. The Morgan fingerprint density at radius 2 is 1.76 bits per heavy atom. The number of rotatable bonds is 5. The quantitative estimate of drug-likeness (QED) is 0.426. The van der Waals surface area contributed by atoms with Gasteiger partial charge in [-0.05, 0) is 41.5 Å². The van der Waals surface area contributed by atoms with Gasteiger partial charge in [0.05, 0.1) is 15.6 Å². The summed E-state index contributed by atoms with van der Waals surface area (Å²) in [6, 6.07) is 20.4. The normalized spacial score (nSPS) is 14.3. The van der Waals surface area contributed by atoms with Crippen LogP contribution in [-0.2, 0) is 6.61 Å². The number of ether oxygens (including phenoxy) is 2. The highest BCUT2D eigenvalue weighted by molar-refractivity contribution is 6.42. The van der Waals surface area contributed by atoms with Gasteiger partial charge >= 0.3 is 0 Å². The monoisotopic (exact) mass is 422 g/mol. The number of Topliss-reactive ketones (excluding diaryl/α,β-unsaturated/α-hetero) is 1. The number of carbonyl (C=O) groups is 1. The lowest BCUT2D eigenvalue weighted by molar-refractivity contribution is 0.101. The van der Waals surface area contributed by atoms with Gasteiger partial charge in [0.15, 0.2) is 5.76 Å². The molecule has 4 rings (SSSR count). The van der Waals surface area contributed by atoms with Crippen molar-refractivity contribution in [3.63, 3.8) is 0 Å². The van der Waals surface area contributed by atoms with Crippen LogP contribution >= 0.6 is 23.2 Å². The van der Waals surface area contributed by atoms with Gasteiger partial charge in [-0.3, -0.25) is 4.79 Å². The van der Waals surface area contributed by atoms with Gasteiger partial charge < -0.3 is 9.47 Å². The summed E-state index contributed by atoms with van der Waals surface area (Å²) < 4.78 is 11.5. The number of carbonyl (C=O) groups excluding carboxylic acids is 1. The topological polar surface area (TPSA) is 35.5 Å². The second-order valence-corrected chi connectivity index (χ2v) is 7.24. The number of fused-ring (bicyclic) bond motifs is 1. The van der Waals surface area contributed by atoms with Gasteiger partial charge in [-0.15, -0.1) is 0 Å². The lowest BCUT2D eigenvalue weighted by atomic mass is 10.1. The van der Waals surface area contributed by atoms with Crippen LogP contribution in [0.3, 0.4) is 0 Å². The Labute approximate surface area is 178 Å². The molecule has 3 aromatic rings. The maximum atomic E-state index is 12.5. The lowest BCUT2D eigenvalue weighted by Gasteiger charge is -2.08. The largest absolute Gasteiger partial charge is 0.489 e. The minimum atomic E-state index is -0.145. The van der Waals surface area contributed by atoms with Crippen molar-refractivity contribution in [2.75, 3.05) is 0 Å². The van der Waals surface area contributed by atoms with Crippen LogP contribution in [0, 0.1) is 0 Å². The Kier molecular flexibility index (Phi) is 5.70. The van der Waals surface area contributed by atoms with E-state index in [0.29, 0.717) is 33.7 Å². The van der Waals surface area contributed by atoms with Crippen LogP contribution in [0.4, 0.5) is 0 Å². The first-order valence-corrected chi connectivity index (χ1v) is 9.72.